The van der Waals surface area contributed by atoms with Gasteiger partial charge in [-0.3, -0.25) is 0 Å². The maximum Gasteiger partial charge on any atom is 0.339 e. The van der Waals surface area contributed by atoms with Gasteiger partial charge in [0.05, 0.1) is 0 Å². The number of hydrogen-bond donors (Lipinski definition) is 1. The lowest BCUT2D eigenvalue weighted by atomic mass is 10.2. The zero-order chi connectivity index (χ0) is 13.8. The summed E-state index contributed by atoms with van der Waals surface area (Å²) in [4.78, 5) is 10.9. The molecular weight excluding hydrogens is 254 g/mol. The van der Waals surface area contributed by atoms with E-state index >= 15 is 0 Å². The van der Waals surface area contributed by atoms with Crippen LogP contribution >= 0.6 is 0 Å². The average Bonchev–Trinajstić information content (AvgIpc) is 2.37. The lowest BCUT2D eigenvalue weighted by Crippen LogP contribution is -2.05. The summed E-state index contributed by atoms with van der Waals surface area (Å²) in [5, 5.41) is 8.92. The van der Waals surface area contributed by atoms with Crippen LogP contribution in [-0.4, -0.2) is 11.1 Å². The standard InChI is InChI=1S/C14H10F2O3/c15-10-4-1-3-9(7-10)8-19-13-11(14(17)18)5-2-6-12(13)16/h1-7H,8H2,(H,17,18). The molecule has 0 fully saturated rings. The maximum absolute atomic E-state index is 13.5. The van der Waals surface area contributed by atoms with Crippen molar-refractivity contribution in [1.82, 2.24) is 0 Å². The van der Waals surface area contributed by atoms with Crippen LogP contribution in [-0.2, 0) is 6.61 Å². The fourth-order valence-electron chi connectivity index (χ4n) is 1.61. The van der Waals surface area contributed by atoms with E-state index in [1.807, 2.05) is 0 Å². The lowest BCUT2D eigenvalue weighted by molar-refractivity contribution is 0.0690. The second-order valence-corrected chi connectivity index (χ2v) is 3.84. The highest BCUT2D eigenvalue weighted by Crippen LogP contribution is 2.23. The third-order valence-corrected chi connectivity index (χ3v) is 2.47. The quantitative estimate of drug-likeness (QED) is 0.922. The van der Waals surface area contributed by atoms with Crippen molar-refractivity contribution >= 4 is 5.97 Å². The molecule has 0 aliphatic heterocycles. The molecule has 19 heavy (non-hydrogen) atoms. The molecule has 2 aromatic carbocycles. The Kier molecular flexibility index (Phi) is 3.75. The van der Waals surface area contributed by atoms with Crippen LogP contribution in [0.4, 0.5) is 8.78 Å². The van der Waals surface area contributed by atoms with Crippen molar-refractivity contribution in [1.29, 1.82) is 0 Å². The Bertz CT molecular complexity index is 611. The van der Waals surface area contributed by atoms with Crippen LogP contribution in [0.25, 0.3) is 0 Å². The van der Waals surface area contributed by atoms with Gasteiger partial charge in [-0.1, -0.05) is 18.2 Å². The number of rotatable bonds is 4. The highest BCUT2D eigenvalue weighted by Gasteiger charge is 2.15. The minimum Gasteiger partial charge on any atom is -0.485 e. The molecule has 1 N–H and O–H groups in total. The Labute approximate surface area is 108 Å². The summed E-state index contributed by atoms with van der Waals surface area (Å²) in [6, 6.07) is 9.24. The number of halogens is 2. The van der Waals surface area contributed by atoms with E-state index in [4.69, 9.17) is 9.84 Å². The Morgan fingerprint density at radius 1 is 1.16 bits per heavy atom. The van der Waals surface area contributed by atoms with E-state index in [-0.39, 0.29) is 17.9 Å². The van der Waals surface area contributed by atoms with Crippen molar-refractivity contribution in [3.8, 4) is 5.75 Å². The van der Waals surface area contributed by atoms with Gasteiger partial charge in [-0.25, -0.2) is 13.6 Å². The first-order valence-corrected chi connectivity index (χ1v) is 5.47. The molecule has 0 spiro atoms. The van der Waals surface area contributed by atoms with Crippen LogP contribution < -0.4 is 4.74 Å². The molecule has 5 heteroatoms. The van der Waals surface area contributed by atoms with Gasteiger partial charge in [-0.15, -0.1) is 0 Å². The van der Waals surface area contributed by atoms with Gasteiger partial charge < -0.3 is 9.84 Å². The van der Waals surface area contributed by atoms with Crippen molar-refractivity contribution in [2.75, 3.05) is 0 Å². The fraction of sp³-hybridized carbons (Fsp3) is 0.0714. The zero-order valence-electron chi connectivity index (χ0n) is 9.77. The molecule has 0 amide bonds. The number of benzene rings is 2. The summed E-state index contributed by atoms with van der Waals surface area (Å²) in [5.74, 6) is -2.84. The van der Waals surface area contributed by atoms with Crippen LogP contribution in [0.2, 0.25) is 0 Å². The fourth-order valence-corrected chi connectivity index (χ4v) is 1.61. The first kappa shape index (κ1) is 13.0. The molecule has 0 bridgehead atoms. The number of aromatic carboxylic acids is 1. The van der Waals surface area contributed by atoms with Gasteiger partial charge in [0, 0.05) is 0 Å². The molecule has 98 valence electrons. The maximum atomic E-state index is 13.5. The third-order valence-electron chi connectivity index (χ3n) is 2.47. The average molecular weight is 264 g/mol. The van der Waals surface area contributed by atoms with Crippen molar-refractivity contribution in [3.05, 3.63) is 65.2 Å². The number of para-hydroxylation sites is 1. The van der Waals surface area contributed by atoms with Gasteiger partial charge in [0.2, 0.25) is 0 Å². The molecule has 0 atom stereocenters. The van der Waals surface area contributed by atoms with Gasteiger partial charge in [0.1, 0.15) is 18.0 Å². The first-order valence-electron chi connectivity index (χ1n) is 5.47. The first-order chi connectivity index (χ1) is 9.08. The molecule has 0 aliphatic carbocycles. The minimum absolute atomic E-state index is 0.112. The van der Waals surface area contributed by atoms with Gasteiger partial charge in [-0.2, -0.15) is 0 Å². The minimum atomic E-state index is -1.28. The summed E-state index contributed by atoms with van der Waals surface area (Å²) in [5.41, 5.74) is 0.219. The van der Waals surface area contributed by atoms with Gasteiger partial charge >= 0.3 is 5.97 Å². The van der Waals surface area contributed by atoms with Gasteiger partial charge in [0.15, 0.2) is 11.6 Å². The highest BCUT2D eigenvalue weighted by molar-refractivity contribution is 5.90. The number of carbonyl (C=O) groups is 1. The van der Waals surface area contributed by atoms with E-state index in [1.54, 1.807) is 6.07 Å². The topological polar surface area (TPSA) is 46.5 Å². The van der Waals surface area contributed by atoms with Crippen LogP contribution in [0.1, 0.15) is 15.9 Å². The summed E-state index contributed by atoms with van der Waals surface area (Å²) in [6.45, 7) is -0.112. The SMILES string of the molecule is O=C(O)c1cccc(F)c1OCc1cccc(F)c1. The number of ether oxygens (including phenoxy) is 1. The van der Waals surface area contributed by atoms with E-state index in [0.29, 0.717) is 5.56 Å². The van der Waals surface area contributed by atoms with Crippen LogP contribution in [0.5, 0.6) is 5.75 Å². The molecular formula is C14H10F2O3. The number of hydrogen-bond acceptors (Lipinski definition) is 2. The Morgan fingerprint density at radius 2 is 1.89 bits per heavy atom. The molecule has 0 saturated heterocycles. The summed E-state index contributed by atoms with van der Waals surface area (Å²) in [7, 11) is 0. The van der Waals surface area contributed by atoms with E-state index < -0.39 is 17.6 Å². The van der Waals surface area contributed by atoms with Crippen molar-refractivity contribution in [2.24, 2.45) is 0 Å². The van der Waals surface area contributed by atoms with E-state index in [1.165, 1.54) is 30.3 Å². The summed E-state index contributed by atoms with van der Waals surface area (Å²) in [6.07, 6.45) is 0. The lowest BCUT2D eigenvalue weighted by Gasteiger charge is -2.10. The molecule has 0 radical (unpaired) electrons. The van der Waals surface area contributed by atoms with E-state index in [0.717, 1.165) is 6.07 Å². The largest absolute Gasteiger partial charge is 0.485 e. The molecule has 0 heterocycles. The summed E-state index contributed by atoms with van der Waals surface area (Å²) < 4.78 is 31.6. The highest BCUT2D eigenvalue weighted by atomic mass is 19.1. The second kappa shape index (κ2) is 5.48. The Balaban J connectivity index is 2.22. The number of carboxylic acids is 1. The normalized spacial score (nSPS) is 10.2. The Hall–Kier alpha value is -2.43. The molecule has 0 saturated carbocycles. The van der Waals surface area contributed by atoms with Crippen LogP contribution in [0.3, 0.4) is 0 Å². The molecule has 0 unspecified atom stereocenters. The van der Waals surface area contributed by atoms with Crippen molar-refractivity contribution in [2.45, 2.75) is 6.61 Å². The van der Waals surface area contributed by atoms with Crippen LogP contribution in [0.15, 0.2) is 42.5 Å². The second-order valence-electron chi connectivity index (χ2n) is 3.84. The van der Waals surface area contributed by atoms with Gasteiger partial charge in [0.25, 0.3) is 0 Å². The van der Waals surface area contributed by atoms with E-state index in [2.05, 4.69) is 0 Å². The zero-order valence-corrected chi connectivity index (χ0v) is 9.77. The monoisotopic (exact) mass is 264 g/mol. The Morgan fingerprint density at radius 3 is 2.58 bits per heavy atom. The smallest absolute Gasteiger partial charge is 0.339 e. The molecule has 0 aliphatic rings. The predicted octanol–water partition coefficient (Wildman–Crippen LogP) is 3.24. The summed E-state index contributed by atoms with van der Waals surface area (Å²) >= 11 is 0. The van der Waals surface area contributed by atoms with Crippen molar-refractivity contribution in [3.63, 3.8) is 0 Å². The van der Waals surface area contributed by atoms with Crippen LogP contribution in [0, 0.1) is 11.6 Å². The van der Waals surface area contributed by atoms with Gasteiger partial charge in [-0.05, 0) is 29.8 Å². The molecule has 2 aromatic rings. The predicted molar refractivity (Wildman–Crippen MR) is 64.1 cm³/mol. The molecule has 2 rings (SSSR count). The molecule has 0 aromatic heterocycles. The number of carboxylic acid groups (broad SMARTS) is 1. The van der Waals surface area contributed by atoms with Crippen molar-refractivity contribution < 1.29 is 23.4 Å². The third kappa shape index (κ3) is 3.07. The van der Waals surface area contributed by atoms with E-state index in [9.17, 15) is 13.6 Å². The molecule has 3 nitrogen and oxygen atoms in total.